The van der Waals surface area contributed by atoms with Crippen LogP contribution in [0, 0.1) is 0 Å². The maximum atomic E-state index is 13.4. The number of nitrogens with zero attached hydrogens (tertiary/aromatic N) is 3. The van der Waals surface area contributed by atoms with E-state index in [1.807, 2.05) is 0 Å². The van der Waals surface area contributed by atoms with E-state index in [-0.39, 0.29) is 27.2 Å². The number of aromatic hydroxyl groups is 1. The number of hydrogen-bond acceptors (Lipinski definition) is 5. The molecule has 12 heteroatoms. The van der Waals surface area contributed by atoms with Crippen LogP contribution in [0.4, 0.5) is 11.4 Å². The van der Waals surface area contributed by atoms with Crippen molar-refractivity contribution < 1.29 is 18.3 Å². The summed E-state index contributed by atoms with van der Waals surface area (Å²) in [5.74, 6) is -1.16. The van der Waals surface area contributed by atoms with Crippen LogP contribution in [0.25, 0.3) is 10.9 Å². The second kappa shape index (κ2) is 9.75. The molecule has 0 unspecified atom stereocenters. The molecule has 0 saturated carbocycles. The van der Waals surface area contributed by atoms with Gasteiger partial charge in [-0.15, -0.1) is 10.2 Å². The number of azo groups is 1. The van der Waals surface area contributed by atoms with Crippen molar-refractivity contribution in [2.75, 3.05) is 10.8 Å². The normalized spacial score (nSPS) is 11.9. The van der Waals surface area contributed by atoms with Gasteiger partial charge in [-0.2, -0.15) is 0 Å². The van der Waals surface area contributed by atoms with Gasteiger partial charge in [-0.25, -0.2) is 8.42 Å². The number of rotatable bonds is 6. The molecule has 0 spiro atoms. The van der Waals surface area contributed by atoms with Crippen molar-refractivity contribution in [2.45, 2.75) is 4.90 Å². The van der Waals surface area contributed by atoms with Crippen LogP contribution in [0.2, 0.25) is 10.0 Å². The smallest absolute Gasteiger partial charge is 0.285 e. The van der Waals surface area contributed by atoms with Crippen molar-refractivity contribution in [1.29, 1.82) is 0 Å². The maximum Gasteiger partial charge on any atom is 0.285 e. The van der Waals surface area contributed by atoms with Gasteiger partial charge in [0.1, 0.15) is 6.54 Å². The van der Waals surface area contributed by atoms with E-state index in [1.54, 1.807) is 36.4 Å². The minimum absolute atomic E-state index is 0.0371. The molecule has 2 N–H and O–H groups in total. The van der Waals surface area contributed by atoms with Crippen molar-refractivity contribution in [1.82, 2.24) is 4.98 Å². The van der Waals surface area contributed by atoms with Crippen molar-refractivity contribution in [2.24, 2.45) is 10.2 Å². The third-order valence-corrected chi connectivity index (χ3v) is 7.57. The first kappa shape index (κ1) is 24.2. The molecule has 4 rings (SSSR count). The average molecular weight is 582 g/mol. The van der Waals surface area contributed by atoms with Gasteiger partial charge in [-0.3, -0.25) is 9.10 Å². The van der Waals surface area contributed by atoms with Gasteiger partial charge in [0.25, 0.3) is 15.9 Å². The Bertz CT molecular complexity index is 1520. The van der Waals surface area contributed by atoms with E-state index < -0.39 is 22.5 Å². The number of carbonyl (C=O) groups excluding carboxylic acids is 1. The molecule has 174 valence electrons. The molecule has 0 aliphatic heterocycles. The summed E-state index contributed by atoms with van der Waals surface area (Å²) in [4.78, 5) is 15.5. The molecule has 1 aromatic heterocycles. The van der Waals surface area contributed by atoms with Gasteiger partial charge in [-0.05, 0) is 48.5 Å². The second-order valence-corrected chi connectivity index (χ2v) is 10.6. The first-order valence-corrected chi connectivity index (χ1v) is 12.6. The lowest BCUT2D eigenvalue weighted by atomic mass is 10.2. The summed E-state index contributed by atoms with van der Waals surface area (Å²) in [6.45, 7) is -0.686. The Kier molecular flexibility index (Phi) is 6.94. The highest BCUT2D eigenvalue weighted by molar-refractivity contribution is 9.10. The highest BCUT2D eigenvalue weighted by Gasteiger charge is 2.29. The summed E-state index contributed by atoms with van der Waals surface area (Å²) in [7, 11) is -4.18. The maximum absolute atomic E-state index is 13.4. The Morgan fingerprint density at radius 1 is 1.06 bits per heavy atom. The molecule has 4 aromatic rings. The number of benzene rings is 3. The number of sulfonamides is 1. The van der Waals surface area contributed by atoms with Gasteiger partial charge < -0.3 is 10.1 Å². The molecule has 0 saturated heterocycles. The number of fused-ring (bicyclic) bond motifs is 1. The SMILES string of the molecule is O=C(CN(c1ccc(Cl)cc1Cl)S(=O)(=O)c1ccccc1)N=Nc1c(O)[nH]c2ccc(Br)cc12. The number of amides is 1. The quantitative estimate of drug-likeness (QED) is 0.255. The average Bonchev–Trinajstić information content (AvgIpc) is 3.11. The van der Waals surface area contributed by atoms with Crippen LogP contribution in [0.5, 0.6) is 5.88 Å². The monoisotopic (exact) mass is 580 g/mol. The first-order chi connectivity index (χ1) is 16.2. The second-order valence-electron chi connectivity index (χ2n) is 7.03. The van der Waals surface area contributed by atoms with E-state index in [9.17, 15) is 18.3 Å². The van der Waals surface area contributed by atoms with Gasteiger partial charge in [0.15, 0.2) is 5.69 Å². The van der Waals surface area contributed by atoms with Crippen LogP contribution >= 0.6 is 39.1 Å². The van der Waals surface area contributed by atoms with Gasteiger partial charge >= 0.3 is 0 Å². The van der Waals surface area contributed by atoms with E-state index in [4.69, 9.17) is 23.2 Å². The first-order valence-electron chi connectivity index (χ1n) is 9.64. The molecule has 34 heavy (non-hydrogen) atoms. The van der Waals surface area contributed by atoms with E-state index >= 15 is 0 Å². The molecule has 0 bridgehead atoms. The minimum atomic E-state index is -4.18. The van der Waals surface area contributed by atoms with Crippen molar-refractivity contribution in [3.05, 3.63) is 81.2 Å². The summed E-state index contributed by atoms with van der Waals surface area (Å²) in [5, 5.41) is 18.5. The van der Waals surface area contributed by atoms with Crippen LogP contribution in [0.1, 0.15) is 0 Å². The Morgan fingerprint density at radius 2 is 1.79 bits per heavy atom. The molecule has 0 fully saturated rings. The molecule has 0 aliphatic carbocycles. The fourth-order valence-electron chi connectivity index (χ4n) is 3.20. The zero-order valence-electron chi connectivity index (χ0n) is 17.1. The van der Waals surface area contributed by atoms with Crippen LogP contribution in [0.15, 0.2) is 86.3 Å². The van der Waals surface area contributed by atoms with Crippen LogP contribution in [-0.4, -0.2) is 31.0 Å². The van der Waals surface area contributed by atoms with Gasteiger partial charge in [-0.1, -0.05) is 57.3 Å². The molecule has 3 aromatic carbocycles. The third kappa shape index (κ3) is 4.95. The largest absolute Gasteiger partial charge is 0.493 e. The van der Waals surface area contributed by atoms with E-state index in [0.717, 1.165) is 8.78 Å². The van der Waals surface area contributed by atoms with Gasteiger partial charge in [0.2, 0.25) is 5.88 Å². The van der Waals surface area contributed by atoms with Gasteiger partial charge in [0.05, 0.1) is 21.1 Å². The summed E-state index contributed by atoms with van der Waals surface area (Å²) in [6, 6.07) is 17.0. The zero-order chi connectivity index (χ0) is 24.5. The lowest BCUT2D eigenvalue weighted by Crippen LogP contribution is -2.35. The number of carbonyl (C=O) groups is 1. The summed E-state index contributed by atoms with van der Waals surface area (Å²) in [5.41, 5.74) is 0.687. The van der Waals surface area contributed by atoms with Crippen molar-refractivity contribution in [3.8, 4) is 5.88 Å². The Balaban J connectivity index is 1.70. The van der Waals surface area contributed by atoms with Crippen molar-refractivity contribution >= 4 is 77.3 Å². The summed E-state index contributed by atoms with van der Waals surface area (Å²) in [6.07, 6.45) is 0. The van der Waals surface area contributed by atoms with E-state index in [0.29, 0.717) is 15.9 Å². The Morgan fingerprint density at radius 3 is 2.50 bits per heavy atom. The number of nitrogens with one attached hydrogen (secondary N) is 1. The topological polar surface area (TPSA) is 115 Å². The number of halogens is 3. The molecule has 0 radical (unpaired) electrons. The predicted molar refractivity (Wildman–Crippen MR) is 135 cm³/mol. The third-order valence-electron chi connectivity index (χ3n) is 4.76. The molecular formula is C22H15BrCl2N4O4S. The predicted octanol–water partition coefficient (Wildman–Crippen LogP) is 6.45. The Hall–Kier alpha value is -2.92. The molecular weight excluding hydrogens is 567 g/mol. The fourth-order valence-corrected chi connectivity index (χ4v) is 5.58. The molecule has 1 heterocycles. The molecule has 1 amide bonds. The summed E-state index contributed by atoms with van der Waals surface area (Å²) < 4.78 is 28.3. The number of hydrogen-bond donors (Lipinski definition) is 2. The summed E-state index contributed by atoms with van der Waals surface area (Å²) >= 11 is 15.6. The van der Waals surface area contributed by atoms with Gasteiger partial charge in [0, 0.05) is 14.9 Å². The molecule has 8 nitrogen and oxygen atoms in total. The molecule has 0 aliphatic rings. The highest BCUT2D eigenvalue weighted by Crippen LogP contribution is 2.37. The fraction of sp³-hybridized carbons (Fsp3) is 0.0455. The zero-order valence-corrected chi connectivity index (χ0v) is 21.0. The lowest BCUT2D eigenvalue weighted by molar-refractivity contribution is -0.116. The lowest BCUT2D eigenvalue weighted by Gasteiger charge is -2.24. The number of aromatic nitrogens is 1. The molecule has 0 atom stereocenters. The van der Waals surface area contributed by atoms with E-state index in [1.165, 1.54) is 30.3 Å². The van der Waals surface area contributed by atoms with Crippen LogP contribution in [-0.2, 0) is 14.8 Å². The highest BCUT2D eigenvalue weighted by atomic mass is 79.9. The standard InChI is InChI=1S/C22H15BrCl2N4O4S/c23-13-6-8-18-16(10-13)21(22(31)26-18)28-27-20(30)12-29(19-9-7-14(24)11-17(19)25)34(32,33)15-4-2-1-3-5-15/h1-11,26,31H,12H2. The number of H-pyrrole nitrogens is 1. The number of anilines is 1. The van der Waals surface area contributed by atoms with Crippen LogP contribution in [0.3, 0.4) is 0 Å². The van der Waals surface area contributed by atoms with Crippen molar-refractivity contribution in [3.63, 3.8) is 0 Å². The van der Waals surface area contributed by atoms with Crippen LogP contribution < -0.4 is 4.31 Å². The van der Waals surface area contributed by atoms with E-state index in [2.05, 4.69) is 31.1 Å². The number of aromatic amines is 1. The Labute approximate surface area is 213 Å². The minimum Gasteiger partial charge on any atom is -0.493 e.